The number of benzene rings is 1. The molecule has 3 nitrogen and oxygen atoms in total. The maximum Gasteiger partial charge on any atom is 0.225 e. The fourth-order valence-electron chi connectivity index (χ4n) is 2.08. The molecule has 2 N–H and O–H groups in total. The summed E-state index contributed by atoms with van der Waals surface area (Å²) in [6, 6.07) is 5.85. The summed E-state index contributed by atoms with van der Waals surface area (Å²) >= 11 is 5.91. The Morgan fingerprint density at radius 3 is 3.12 bits per heavy atom. The predicted molar refractivity (Wildman–Crippen MR) is 70.5 cm³/mol. The lowest BCUT2D eigenvalue weighted by Crippen LogP contribution is -2.27. The van der Waals surface area contributed by atoms with Crippen LogP contribution in [0, 0.1) is 6.92 Å². The van der Waals surface area contributed by atoms with Crippen molar-refractivity contribution in [2.24, 2.45) is 0 Å². The first kappa shape index (κ1) is 12.4. The SMILES string of the molecule is Cc1ccc(Cl)cc1NC(=O)CC1CCCN1. The van der Waals surface area contributed by atoms with Crippen LogP contribution in [0.2, 0.25) is 5.02 Å². The van der Waals surface area contributed by atoms with Gasteiger partial charge < -0.3 is 10.6 Å². The second-order valence-electron chi connectivity index (χ2n) is 4.50. The maximum atomic E-state index is 11.8. The van der Waals surface area contributed by atoms with E-state index in [9.17, 15) is 4.79 Å². The molecule has 1 atom stereocenters. The highest BCUT2D eigenvalue weighted by Crippen LogP contribution is 2.20. The quantitative estimate of drug-likeness (QED) is 0.869. The standard InChI is InChI=1S/C13H17ClN2O/c1-9-4-5-10(14)7-12(9)16-13(17)8-11-3-2-6-15-11/h4-5,7,11,15H,2-3,6,8H2,1H3,(H,16,17). The predicted octanol–water partition coefficient (Wildman–Crippen LogP) is 2.73. The maximum absolute atomic E-state index is 11.8. The first-order valence-corrected chi connectivity index (χ1v) is 6.32. The lowest BCUT2D eigenvalue weighted by atomic mass is 10.1. The summed E-state index contributed by atoms with van der Waals surface area (Å²) < 4.78 is 0. The molecule has 4 heteroatoms. The summed E-state index contributed by atoms with van der Waals surface area (Å²) in [5.74, 6) is 0.0507. The molecule has 1 aromatic carbocycles. The molecule has 0 saturated carbocycles. The van der Waals surface area contributed by atoms with Crippen molar-refractivity contribution in [3.63, 3.8) is 0 Å². The highest BCUT2D eigenvalue weighted by atomic mass is 35.5. The van der Waals surface area contributed by atoms with Gasteiger partial charge in [-0.1, -0.05) is 17.7 Å². The molecule has 1 aromatic rings. The lowest BCUT2D eigenvalue weighted by molar-refractivity contribution is -0.116. The van der Waals surface area contributed by atoms with E-state index in [2.05, 4.69) is 10.6 Å². The summed E-state index contributed by atoms with van der Waals surface area (Å²) in [6.07, 6.45) is 2.78. The van der Waals surface area contributed by atoms with E-state index < -0.39 is 0 Å². The Morgan fingerprint density at radius 1 is 1.59 bits per heavy atom. The van der Waals surface area contributed by atoms with Crippen LogP contribution in [-0.4, -0.2) is 18.5 Å². The lowest BCUT2D eigenvalue weighted by Gasteiger charge is -2.12. The molecule has 1 unspecified atom stereocenters. The average molecular weight is 253 g/mol. The van der Waals surface area contributed by atoms with Gasteiger partial charge in [-0.25, -0.2) is 0 Å². The number of halogens is 1. The van der Waals surface area contributed by atoms with Gasteiger partial charge in [-0.05, 0) is 44.0 Å². The van der Waals surface area contributed by atoms with Crippen LogP contribution >= 0.6 is 11.6 Å². The van der Waals surface area contributed by atoms with Gasteiger partial charge in [-0.3, -0.25) is 4.79 Å². The van der Waals surface area contributed by atoms with Crippen LogP contribution in [0.15, 0.2) is 18.2 Å². The Hall–Kier alpha value is -1.06. The molecule has 1 saturated heterocycles. The van der Waals surface area contributed by atoms with Crippen molar-refractivity contribution in [2.75, 3.05) is 11.9 Å². The second-order valence-corrected chi connectivity index (χ2v) is 4.94. The van der Waals surface area contributed by atoms with E-state index in [4.69, 9.17) is 11.6 Å². The van der Waals surface area contributed by atoms with Crippen LogP contribution < -0.4 is 10.6 Å². The number of carbonyl (C=O) groups excluding carboxylic acids is 1. The Labute approximate surface area is 107 Å². The minimum atomic E-state index is 0.0507. The highest BCUT2D eigenvalue weighted by Gasteiger charge is 2.17. The van der Waals surface area contributed by atoms with Crippen LogP contribution in [0.25, 0.3) is 0 Å². The van der Waals surface area contributed by atoms with Crippen molar-refractivity contribution in [3.8, 4) is 0 Å². The fourth-order valence-corrected chi connectivity index (χ4v) is 2.26. The third kappa shape index (κ3) is 3.45. The van der Waals surface area contributed by atoms with Crippen LogP contribution in [0.1, 0.15) is 24.8 Å². The average Bonchev–Trinajstić information content (AvgIpc) is 2.76. The van der Waals surface area contributed by atoms with Gasteiger partial charge in [0.15, 0.2) is 0 Å². The van der Waals surface area contributed by atoms with Crippen molar-refractivity contribution in [1.29, 1.82) is 0 Å². The summed E-state index contributed by atoms with van der Waals surface area (Å²) in [4.78, 5) is 11.8. The minimum absolute atomic E-state index is 0.0507. The number of amides is 1. The number of hydrogen-bond acceptors (Lipinski definition) is 2. The monoisotopic (exact) mass is 252 g/mol. The zero-order valence-corrected chi connectivity index (χ0v) is 10.7. The van der Waals surface area contributed by atoms with Gasteiger partial charge in [0.1, 0.15) is 0 Å². The molecule has 2 rings (SSSR count). The second kappa shape index (κ2) is 5.52. The van der Waals surface area contributed by atoms with Crippen LogP contribution in [0.3, 0.4) is 0 Å². The van der Waals surface area contributed by atoms with E-state index in [0.29, 0.717) is 17.5 Å². The molecule has 0 radical (unpaired) electrons. The van der Waals surface area contributed by atoms with Gasteiger partial charge >= 0.3 is 0 Å². The van der Waals surface area contributed by atoms with E-state index in [0.717, 1.165) is 30.6 Å². The number of aryl methyl sites for hydroxylation is 1. The van der Waals surface area contributed by atoms with Crippen LogP contribution in [0.5, 0.6) is 0 Å². The van der Waals surface area contributed by atoms with Gasteiger partial charge in [0.05, 0.1) is 0 Å². The van der Waals surface area contributed by atoms with Crippen molar-refractivity contribution < 1.29 is 4.79 Å². The normalized spacial score (nSPS) is 19.3. The molecule has 1 aliphatic rings. The van der Waals surface area contributed by atoms with Gasteiger partial charge in [-0.2, -0.15) is 0 Å². The highest BCUT2D eigenvalue weighted by molar-refractivity contribution is 6.31. The van der Waals surface area contributed by atoms with Gasteiger partial charge in [0, 0.05) is 23.2 Å². The number of anilines is 1. The zero-order valence-electron chi connectivity index (χ0n) is 9.92. The van der Waals surface area contributed by atoms with E-state index in [1.165, 1.54) is 0 Å². The molecule has 0 spiro atoms. The molecular weight excluding hydrogens is 236 g/mol. The molecular formula is C13H17ClN2O. The molecule has 1 amide bonds. The van der Waals surface area contributed by atoms with Crippen molar-refractivity contribution in [2.45, 2.75) is 32.2 Å². The van der Waals surface area contributed by atoms with Crippen molar-refractivity contribution in [3.05, 3.63) is 28.8 Å². The molecule has 0 aromatic heterocycles. The number of hydrogen-bond donors (Lipinski definition) is 2. The first-order valence-electron chi connectivity index (χ1n) is 5.94. The first-order chi connectivity index (χ1) is 8.15. The summed E-state index contributed by atoms with van der Waals surface area (Å²) in [7, 11) is 0. The van der Waals surface area contributed by atoms with E-state index in [-0.39, 0.29) is 5.91 Å². The molecule has 17 heavy (non-hydrogen) atoms. The Bertz CT molecular complexity index is 414. The number of nitrogens with one attached hydrogen (secondary N) is 2. The summed E-state index contributed by atoms with van der Waals surface area (Å²) in [6.45, 7) is 2.98. The summed E-state index contributed by atoms with van der Waals surface area (Å²) in [5, 5.41) is 6.87. The van der Waals surface area contributed by atoms with E-state index in [1.54, 1.807) is 6.07 Å². The van der Waals surface area contributed by atoms with Crippen LogP contribution in [-0.2, 0) is 4.79 Å². The van der Waals surface area contributed by atoms with Gasteiger partial charge in [0.25, 0.3) is 0 Å². The third-order valence-corrected chi connectivity index (χ3v) is 3.30. The van der Waals surface area contributed by atoms with E-state index in [1.807, 2.05) is 19.1 Å². The fraction of sp³-hybridized carbons (Fsp3) is 0.462. The summed E-state index contributed by atoms with van der Waals surface area (Å²) in [5.41, 5.74) is 1.84. The largest absolute Gasteiger partial charge is 0.326 e. The van der Waals surface area contributed by atoms with Crippen molar-refractivity contribution in [1.82, 2.24) is 5.32 Å². The molecule has 0 bridgehead atoms. The van der Waals surface area contributed by atoms with Crippen LogP contribution in [0.4, 0.5) is 5.69 Å². The Balaban J connectivity index is 1.95. The van der Waals surface area contributed by atoms with E-state index >= 15 is 0 Å². The van der Waals surface area contributed by atoms with Gasteiger partial charge in [-0.15, -0.1) is 0 Å². The zero-order chi connectivity index (χ0) is 12.3. The third-order valence-electron chi connectivity index (χ3n) is 3.07. The van der Waals surface area contributed by atoms with Crippen molar-refractivity contribution >= 4 is 23.2 Å². The molecule has 92 valence electrons. The minimum Gasteiger partial charge on any atom is -0.326 e. The van der Waals surface area contributed by atoms with Gasteiger partial charge in [0.2, 0.25) is 5.91 Å². The number of rotatable bonds is 3. The molecule has 0 aliphatic carbocycles. The molecule has 1 fully saturated rings. The smallest absolute Gasteiger partial charge is 0.225 e. The Kier molecular flexibility index (Phi) is 4.02. The number of carbonyl (C=O) groups is 1. The molecule has 1 heterocycles. The molecule has 1 aliphatic heterocycles. The topological polar surface area (TPSA) is 41.1 Å². The Morgan fingerprint density at radius 2 is 2.41 bits per heavy atom.